The van der Waals surface area contributed by atoms with E-state index >= 15 is 0 Å². The standard InChI is InChI=1S/C16H24N4O2/c1-12-4-2-8-20(11-12)16(21)14-6-7-15(19-18-14)17-10-13-5-3-9-22-13/h6-7,12-13H,2-5,8-11H2,1H3,(H,17,19). The first-order valence-corrected chi connectivity index (χ1v) is 8.21. The van der Waals surface area contributed by atoms with Crippen LogP contribution in [0.4, 0.5) is 5.82 Å². The van der Waals surface area contributed by atoms with Crippen molar-refractivity contribution in [3.63, 3.8) is 0 Å². The SMILES string of the molecule is CC1CCCN(C(=O)c2ccc(NCC3CCCO3)nn2)C1. The molecule has 2 atom stereocenters. The van der Waals surface area contributed by atoms with Crippen molar-refractivity contribution in [3.8, 4) is 0 Å². The molecule has 2 aliphatic rings. The van der Waals surface area contributed by atoms with Gasteiger partial charge in [-0.1, -0.05) is 6.92 Å². The van der Waals surface area contributed by atoms with Gasteiger partial charge in [0.05, 0.1) is 6.10 Å². The number of piperidine rings is 1. The van der Waals surface area contributed by atoms with Gasteiger partial charge in [-0.05, 0) is 43.7 Å². The molecule has 6 heteroatoms. The third kappa shape index (κ3) is 3.74. The summed E-state index contributed by atoms with van der Waals surface area (Å²) in [6, 6.07) is 3.58. The van der Waals surface area contributed by atoms with Crippen molar-refractivity contribution in [1.29, 1.82) is 0 Å². The van der Waals surface area contributed by atoms with E-state index in [1.54, 1.807) is 6.07 Å². The van der Waals surface area contributed by atoms with Gasteiger partial charge in [-0.2, -0.15) is 0 Å². The minimum atomic E-state index is -0.00951. The number of nitrogens with one attached hydrogen (secondary N) is 1. The van der Waals surface area contributed by atoms with Crippen LogP contribution in [-0.2, 0) is 4.74 Å². The zero-order valence-electron chi connectivity index (χ0n) is 13.1. The molecule has 0 aliphatic carbocycles. The number of ether oxygens (including phenoxy) is 1. The van der Waals surface area contributed by atoms with Crippen LogP contribution in [0, 0.1) is 5.92 Å². The molecule has 3 heterocycles. The summed E-state index contributed by atoms with van der Waals surface area (Å²) in [6.45, 7) is 5.41. The topological polar surface area (TPSA) is 67.4 Å². The third-order valence-corrected chi connectivity index (χ3v) is 4.36. The van der Waals surface area contributed by atoms with E-state index in [-0.39, 0.29) is 12.0 Å². The van der Waals surface area contributed by atoms with Crippen molar-refractivity contribution in [3.05, 3.63) is 17.8 Å². The van der Waals surface area contributed by atoms with Crippen LogP contribution < -0.4 is 5.32 Å². The molecule has 22 heavy (non-hydrogen) atoms. The van der Waals surface area contributed by atoms with E-state index in [2.05, 4.69) is 22.4 Å². The number of rotatable bonds is 4. The number of carbonyl (C=O) groups excluding carboxylic acids is 1. The number of hydrogen-bond acceptors (Lipinski definition) is 5. The second-order valence-corrected chi connectivity index (χ2v) is 6.32. The third-order valence-electron chi connectivity index (χ3n) is 4.36. The molecular formula is C16H24N4O2. The van der Waals surface area contributed by atoms with Crippen LogP contribution in [0.15, 0.2) is 12.1 Å². The maximum absolute atomic E-state index is 12.4. The Labute approximate surface area is 131 Å². The van der Waals surface area contributed by atoms with Crippen LogP contribution in [0.25, 0.3) is 0 Å². The van der Waals surface area contributed by atoms with Crippen molar-refractivity contribution in [1.82, 2.24) is 15.1 Å². The summed E-state index contributed by atoms with van der Waals surface area (Å²) in [6.07, 6.45) is 4.74. The summed E-state index contributed by atoms with van der Waals surface area (Å²) in [4.78, 5) is 14.3. The zero-order valence-corrected chi connectivity index (χ0v) is 13.1. The highest BCUT2D eigenvalue weighted by Gasteiger charge is 2.23. The van der Waals surface area contributed by atoms with E-state index in [1.165, 1.54) is 6.42 Å². The van der Waals surface area contributed by atoms with Gasteiger partial charge in [-0.25, -0.2) is 0 Å². The first-order chi connectivity index (χ1) is 10.7. The van der Waals surface area contributed by atoms with Gasteiger partial charge >= 0.3 is 0 Å². The minimum Gasteiger partial charge on any atom is -0.376 e. The molecule has 3 rings (SSSR count). The monoisotopic (exact) mass is 304 g/mol. The molecule has 1 aromatic rings. The average Bonchev–Trinajstić information content (AvgIpc) is 3.06. The van der Waals surface area contributed by atoms with Crippen LogP contribution in [0.3, 0.4) is 0 Å². The average molecular weight is 304 g/mol. The van der Waals surface area contributed by atoms with Gasteiger partial charge in [0.2, 0.25) is 0 Å². The molecule has 2 unspecified atom stereocenters. The highest BCUT2D eigenvalue weighted by atomic mass is 16.5. The number of hydrogen-bond donors (Lipinski definition) is 1. The summed E-state index contributed by atoms with van der Waals surface area (Å²) < 4.78 is 5.55. The van der Waals surface area contributed by atoms with Crippen LogP contribution >= 0.6 is 0 Å². The van der Waals surface area contributed by atoms with Crippen molar-refractivity contribution in [2.75, 3.05) is 31.6 Å². The summed E-state index contributed by atoms with van der Waals surface area (Å²) in [5.41, 5.74) is 0.428. The number of likely N-dealkylation sites (tertiary alicyclic amines) is 1. The molecule has 1 aromatic heterocycles. The second kappa shape index (κ2) is 7.05. The van der Waals surface area contributed by atoms with E-state index < -0.39 is 0 Å². The predicted molar refractivity (Wildman–Crippen MR) is 83.8 cm³/mol. The zero-order chi connectivity index (χ0) is 15.4. The van der Waals surface area contributed by atoms with Gasteiger partial charge in [0.25, 0.3) is 5.91 Å². The van der Waals surface area contributed by atoms with Gasteiger partial charge in [0.1, 0.15) is 5.82 Å². The number of carbonyl (C=O) groups is 1. The smallest absolute Gasteiger partial charge is 0.274 e. The minimum absolute atomic E-state index is 0.00951. The van der Waals surface area contributed by atoms with Crippen molar-refractivity contribution in [2.24, 2.45) is 5.92 Å². The Balaban J connectivity index is 1.54. The number of nitrogens with zero attached hydrogens (tertiary/aromatic N) is 3. The van der Waals surface area contributed by atoms with Gasteiger partial charge in [-0.3, -0.25) is 4.79 Å². The Morgan fingerprint density at radius 3 is 2.95 bits per heavy atom. The van der Waals surface area contributed by atoms with Crippen LogP contribution in [0.5, 0.6) is 0 Å². The van der Waals surface area contributed by atoms with Gasteiger partial charge in [0.15, 0.2) is 5.69 Å². The van der Waals surface area contributed by atoms with E-state index in [1.807, 2.05) is 11.0 Å². The molecule has 1 amide bonds. The fraction of sp³-hybridized carbons (Fsp3) is 0.688. The first-order valence-electron chi connectivity index (χ1n) is 8.21. The molecule has 2 saturated heterocycles. The highest BCUT2D eigenvalue weighted by molar-refractivity contribution is 5.92. The molecule has 0 radical (unpaired) electrons. The molecule has 2 fully saturated rings. The lowest BCUT2D eigenvalue weighted by molar-refractivity contribution is 0.0676. The van der Waals surface area contributed by atoms with E-state index in [0.717, 1.165) is 45.5 Å². The molecular weight excluding hydrogens is 280 g/mol. The highest BCUT2D eigenvalue weighted by Crippen LogP contribution is 2.17. The maximum Gasteiger partial charge on any atom is 0.274 e. The maximum atomic E-state index is 12.4. The predicted octanol–water partition coefficient (Wildman–Crippen LogP) is 1.94. The lowest BCUT2D eigenvalue weighted by Crippen LogP contribution is -2.39. The van der Waals surface area contributed by atoms with Crippen molar-refractivity contribution >= 4 is 11.7 Å². The quantitative estimate of drug-likeness (QED) is 0.921. The van der Waals surface area contributed by atoms with Crippen LogP contribution in [0.1, 0.15) is 43.1 Å². The first kappa shape index (κ1) is 15.2. The number of aromatic nitrogens is 2. The Morgan fingerprint density at radius 1 is 1.36 bits per heavy atom. The summed E-state index contributed by atoms with van der Waals surface area (Å²) in [5, 5.41) is 11.4. The fourth-order valence-corrected chi connectivity index (χ4v) is 3.10. The Hall–Kier alpha value is -1.69. The molecule has 0 bridgehead atoms. The Morgan fingerprint density at radius 2 is 2.27 bits per heavy atom. The molecule has 0 saturated carbocycles. The van der Waals surface area contributed by atoms with Crippen LogP contribution in [0.2, 0.25) is 0 Å². The lowest BCUT2D eigenvalue weighted by atomic mass is 10.00. The van der Waals surface area contributed by atoms with Crippen molar-refractivity contribution in [2.45, 2.75) is 38.7 Å². The van der Waals surface area contributed by atoms with Crippen molar-refractivity contribution < 1.29 is 9.53 Å². The van der Waals surface area contributed by atoms with Gasteiger partial charge in [0, 0.05) is 26.2 Å². The number of amides is 1. The molecule has 1 N–H and O–H groups in total. The Kier molecular flexibility index (Phi) is 4.87. The van der Waals surface area contributed by atoms with Crippen LogP contribution in [-0.4, -0.2) is 53.3 Å². The second-order valence-electron chi connectivity index (χ2n) is 6.32. The summed E-state index contributed by atoms with van der Waals surface area (Å²) in [5.74, 6) is 1.25. The number of anilines is 1. The van der Waals surface area contributed by atoms with E-state index in [9.17, 15) is 4.79 Å². The lowest BCUT2D eigenvalue weighted by Gasteiger charge is -2.30. The molecule has 0 aromatic carbocycles. The molecule has 0 spiro atoms. The largest absolute Gasteiger partial charge is 0.376 e. The molecule has 2 aliphatic heterocycles. The van der Waals surface area contributed by atoms with Gasteiger partial charge in [-0.15, -0.1) is 10.2 Å². The van der Waals surface area contributed by atoms with Gasteiger partial charge < -0.3 is 15.0 Å². The molecule has 120 valence electrons. The fourth-order valence-electron chi connectivity index (χ4n) is 3.10. The van der Waals surface area contributed by atoms with E-state index in [0.29, 0.717) is 17.4 Å². The Bertz CT molecular complexity index is 499. The van der Waals surface area contributed by atoms with E-state index in [4.69, 9.17) is 4.74 Å². The summed E-state index contributed by atoms with van der Waals surface area (Å²) in [7, 11) is 0. The normalized spacial score (nSPS) is 25.2. The summed E-state index contributed by atoms with van der Waals surface area (Å²) >= 11 is 0. The molecule has 6 nitrogen and oxygen atoms in total.